The minimum Gasteiger partial charge on any atom is -0.493 e. The quantitative estimate of drug-likeness (QED) is 0.897. The predicted octanol–water partition coefficient (Wildman–Crippen LogP) is 2.62. The van der Waals surface area contributed by atoms with Gasteiger partial charge in [-0.15, -0.1) is 0 Å². The molecule has 1 N–H and O–H groups in total. The monoisotopic (exact) mass is 365 g/mol. The number of rotatable bonds is 4. The van der Waals surface area contributed by atoms with Crippen LogP contribution in [0.25, 0.3) is 0 Å². The van der Waals surface area contributed by atoms with Crippen LogP contribution in [0.3, 0.4) is 0 Å². The van der Waals surface area contributed by atoms with E-state index in [4.69, 9.17) is 14.7 Å². The van der Waals surface area contributed by atoms with Gasteiger partial charge < -0.3 is 19.5 Å². The lowest BCUT2D eigenvalue weighted by Gasteiger charge is -2.35. The number of pyridine rings is 1. The Balaban J connectivity index is 1.46. The van der Waals surface area contributed by atoms with Crippen LogP contribution in [0.5, 0.6) is 11.5 Å². The van der Waals surface area contributed by atoms with Gasteiger partial charge in [-0.1, -0.05) is 18.2 Å². The molecule has 0 spiro atoms. The van der Waals surface area contributed by atoms with Crippen molar-refractivity contribution in [3.05, 3.63) is 48.2 Å². The molecule has 2 fully saturated rings. The average Bonchev–Trinajstić information content (AvgIpc) is 3.11. The fraction of sp³-hybridized carbons (Fsp3) is 0.429. The number of ether oxygens (including phenoxy) is 2. The molecule has 27 heavy (non-hydrogen) atoms. The van der Waals surface area contributed by atoms with Gasteiger partial charge in [-0.2, -0.15) is 5.26 Å². The first-order valence-corrected chi connectivity index (χ1v) is 9.27. The summed E-state index contributed by atoms with van der Waals surface area (Å²) in [6.07, 6.45) is 0.743. The number of nitrogens with zero attached hydrogens (tertiary/aromatic N) is 3. The van der Waals surface area contributed by atoms with Crippen LogP contribution < -0.4 is 14.4 Å². The van der Waals surface area contributed by atoms with Crippen LogP contribution in [0.2, 0.25) is 0 Å². The lowest BCUT2D eigenvalue weighted by Crippen LogP contribution is -2.42. The summed E-state index contributed by atoms with van der Waals surface area (Å²) in [7, 11) is 1.62. The molecule has 2 aliphatic rings. The zero-order valence-electron chi connectivity index (χ0n) is 15.3. The normalized spacial score (nSPS) is 26.9. The molecule has 2 heterocycles. The zero-order valence-corrected chi connectivity index (χ0v) is 15.3. The van der Waals surface area contributed by atoms with E-state index < -0.39 is 6.10 Å². The molecule has 0 radical (unpaired) electrons. The number of para-hydroxylation sites is 2. The molecule has 6 nitrogen and oxygen atoms in total. The second-order valence-corrected chi connectivity index (χ2v) is 7.26. The Morgan fingerprint density at radius 3 is 2.56 bits per heavy atom. The first-order chi connectivity index (χ1) is 13.2. The number of fused-ring (bicyclic) bond motifs is 1. The maximum atomic E-state index is 10.6. The Labute approximate surface area is 159 Å². The van der Waals surface area contributed by atoms with Gasteiger partial charge in [-0.3, -0.25) is 0 Å². The van der Waals surface area contributed by atoms with Crippen molar-refractivity contribution in [3.8, 4) is 17.6 Å². The Kier molecular flexibility index (Phi) is 4.87. The minimum absolute atomic E-state index is 0.249. The predicted molar refractivity (Wildman–Crippen MR) is 101 cm³/mol. The second-order valence-electron chi connectivity index (χ2n) is 7.26. The molecule has 0 amide bonds. The molecule has 1 saturated heterocycles. The summed E-state index contributed by atoms with van der Waals surface area (Å²) in [6.45, 7) is 1.72. The van der Waals surface area contributed by atoms with E-state index in [2.05, 4.69) is 16.0 Å². The highest BCUT2D eigenvalue weighted by molar-refractivity contribution is 5.43. The smallest absolute Gasteiger partial charge is 0.161 e. The Morgan fingerprint density at radius 2 is 1.81 bits per heavy atom. The summed E-state index contributed by atoms with van der Waals surface area (Å²) in [4.78, 5) is 6.63. The molecule has 1 aromatic heterocycles. The summed E-state index contributed by atoms with van der Waals surface area (Å²) >= 11 is 0. The van der Waals surface area contributed by atoms with E-state index in [0.29, 0.717) is 35.4 Å². The summed E-state index contributed by atoms with van der Waals surface area (Å²) < 4.78 is 11.5. The molecule has 140 valence electrons. The van der Waals surface area contributed by atoms with Crippen LogP contribution in [-0.4, -0.2) is 42.5 Å². The third kappa shape index (κ3) is 3.56. The van der Waals surface area contributed by atoms with E-state index in [1.165, 1.54) is 0 Å². The highest BCUT2D eigenvalue weighted by atomic mass is 16.5. The van der Waals surface area contributed by atoms with Gasteiger partial charge in [0, 0.05) is 13.1 Å². The number of aliphatic hydroxyl groups is 1. The molecule has 0 bridgehead atoms. The number of benzene rings is 1. The van der Waals surface area contributed by atoms with Crippen LogP contribution in [0, 0.1) is 23.2 Å². The number of nitriles is 1. The molecular weight excluding hydrogens is 342 g/mol. The van der Waals surface area contributed by atoms with E-state index in [1.54, 1.807) is 13.2 Å². The maximum absolute atomic E-state index is 10.6. The average molecular weight is 365 g/mol. The van der Waals surface area contributed by atoms with Gasteiger partial charge in [0.05, 0.1) is 13.2 Å². The van der Waals surface area contributed by atoms with Gasteiger partial charge >= 0.3 is 0 Å². The third-order valence-corrected chi connectivity index (χ3v) is 5.61. The maximum Gasteiger partial charge on any atom is 0.161 e. The minimum atomic E-state index is -0.505. The number of anilines is 1. The summed E-state index contributed by atoms with van der Waals surface area (Å²) in [6, 6.07) is 15.2. The van der Waals surface area contributed by atoms with Crippen molar-refractivity contribution >= 4 is 5.82 Å². The number of hydrogen-bond acceptors (Lipinski definition) is 6. The Hall–Kier alpha value is -2.78. The van der Waals surface area contributed by atoms with Gasteiger partial charge in [-0.05, 0) is 48.9 Å². The van der Waals surface area contributed by atoms with Crippen LogP contribution in [0.15, 0.2) is 42.5 Å². The van der Waals surface area contributed by atoms with Crippen molar-refractivity contribution in [1.82, 2.24) is 4.98 Å². The summed E-state index contributed by atoms with van der Waals surface area (Å²) in [5.41, 5.74) is 0.430. The number of aliphatic hydroxyl groups excluding tert-OH is 1. The number of methoxy groups -OCH3 is 1. The molecular formula is C21H23N3O3. The second kappa shape index (κ2) is 7.45. The molecule has 4 rings (SSSR count). The lowest BCUT2D eigenvalue weighted by molar-refractivity contribution is -0.0240. The Bertz CT molecular complexity index is 851. The van der Waals surface area contributed by atoms with Crippen LogP contribution in [0.4, 0.5) is 5.82 Å². The molecule has 1 saturated carbocycles. The van der Waals surface area contributed by atoms with E-state index in [1.807, 2.05) is 36.4 Å². The first kappa shape index (κ1) is 17.6. The summed E-state index contributed by atoms with van der Waals surface area (Å²) in [5, 5.41) is 19.7. The topological polar surface area (TPSA) is 78.6 Å². The number of hydrogen-bond donors (Lipinski definition) is 1. The fourth-order valence-electron chi connectivity index (χ4n) is 4.24. The highest BCUT2D eigenvalue weighted by Crippen LogP contribution is 2.40. The molecule has 1 aliphatic heterocycles. The fourth-order valence-corrected chi connectivity index (χ4v) is 4.24. The Morgan fingerprint density at radius 1 is 1.07 bits per heavy atom. The zero-order chi connectivity index (χ0) is 18.8. The molecule has 2 aromatic rings. The van der Waals surface area contributed by atoms with Crippen molar-refractivity contribution in [2.45, 2.75) is 25.0 Å². The van der Waals surface area contributed by atoms with Crippen molar-refractivity contribution in [2.75, 3.05) is 25.1 Å². The molecule has 1 aromatic carbocycles. The molecule has 6 heteroatoms. The van der Waals surface area contributed by atoms with Gasteiger partial charge in [0.25, 0.3) is 0 Å². The van der Waals surface area contributed by atoms with Crippen molar-refractivity contribution in [3.63, 3.8) is 0 Å². The van der Waals surface area contributed by atoms with Gasteiger partial charge in [0.1, 0.15) is 23.7 Å². The summed E-state index contributed by atoms with van der Waals surface area (Å²) in [5.74, 6) is 3.02. The molecule has 0 unspecified atom stereocenters. The van der Waals surface area contributed by atoms with Crippen molar-refractivity contribution in [2.24, 2.45) is 11.8 Å². The van der Waals surface area contributed by atoms with Crippen LogP contribution in [0.1, 0.15) is 18.5 Å². The van der Waals surface area contributed by atoms with Crippen molar-refractivity contribution in [1.29, 1.82) is 5.26 Å². The molecule has 4 atom stereocenters. The largest absolute Gasteiger partial charge is 0.493 e. The van der Waals surface area contributed by atoms with Gasteiger partial charge in [0.15, 0.2) is 11.5 Å². The molecule has 1 aliphatic carbocycles. The van der Waals surface area contributed by atoms with Crippen LogP contribution in [-0.2, 0) is 0 Å². The third-order valence-electron chi connectivity index (χ3n) is 5.61. The highest BCUT2D eigenvalue weighted by Gasteiger charge is 2.43. The van der Waals surface area contributed by atoms with Crippen LogP contribution >= 0.6 is 0 Å². The van der Waals surface area contributed by atoms with Crippen molar-refractivity contribution < 1.29 is 14.6 Å². The van der Waals surface area contributed by atoms with E-state index >= 15 is 0 Å². The van der Waals surface area contributed by atoms with E-state index in [9.17, 15) is 5.11 Å². The number of aromatic nitrogens is 1. The van der Waals surface area contributed by atoms with Gasteiger partial charge in [-0.25, -0.2) is 4.98 Å². The SMILES string of the molecule is COc1ccccc1O[C@@H]1C[C@@H]2CN(c3cccc(C#N)n3)C[C@@H]2C[C@H]1O. The van der Waals surface area contributed by atoms with E-state index in [0.717, 1.165) is 25.3 Å². The standard InChI is InChI=1S/C21H23N3O3/c1-26-18-6-2-3-7-19(18)27-20-10-15-13-24(12-14(15)9-17(20)25)21-8-4-5-16(11-22)23-21/h2-8,14-15,17,20,25H,9-10,12-13H2,1H3/t14-,15+,17+,20+/m0/s1. The van der Waals surface area contributed by atoms with Gasteiger partial charge in [0.2, 0.25) is 0 Å². The van der Waals surface area contributed by atoms with E-state index in [-0.39, 0.29) is 6.10 Å². The lowest BCUT2D eigenvalue weighted by atomic mass is 9.78. The first-order valence-electron chi connectivity index (χ1n) is 9.27.